The van der Waals surface area contributed by atoms with Crippen molar-refractivity contribution < 1.29 is 0 Å². The van der Waals surface area contributed by atoms with E-state index in [1.165, 1.54) is 27.7 Å². The van der Waals surface area contributed by atoms with Crippen molar-refractivity contribution in [1.82, 2.24) is 0 Å². The Hall–Kier alpha value is -1.28. The number of benzene rings is 2. The fraction of sp³-hybridized carbons (Fsp3) is 0.294. The van der Waals surface area contributed by atoms with Crippen LogP contribution in [0, 0.1) is 6.92 Å². The average Bonchev–Trinajstić information content (AvgIpc) is 2.89. The third kappa shape index (κ3) is 2.84. The third-order valence-electron chi connectivity index (χ3n) is 3.91. The summed E-state index contributed by atoms with van der Waals surface area (Å²) in [6, 6.07) is 17.6. The van der Waals surface area contributed by atoms with Crippen LogP contribution in [0.1, 0.15) is 23.5 Å². The number of nitrogens with zero attached hydrogens (tertiary/aromatic N) is 1. The molecule has 0 bridgehead atoms. The van der Waals surface area contributed by atoms with E-state index in [0.29, 0.717) is 5.92 Å². The van der Waals surface area contributed by atoms with Gasteiger partial charge in [-0.1, -0.05) is 45.8 Å². The van der Waals surface area contributed by atoms with Gasteiger partial charge in [-0.25, -0.2) is 0 Å². The first-order valence-corrected chi connectivity index (χ1v) is 7.59. The van der Waals surface area contributed by atoms with E-state index in [0.717, 1.165) is 13.1 Å². The molecule has 1 aliphatic rings. The third-order valence-corrected chi connectivity index (χ3v) is 4.40. The summed E-state index contributed by atoms with van der Waals surface area (Å²) in [5.74, 6) is 0.652. The van der Waals surface area contributed by atoms with Gasteiger partial charge in [-0.15, -0.1) is 0 Å². The van der Waals surface area contributed by atoms with Gasteiger partial charge in [0.15, 0.2) is 0 Å². The molecule has 1 atom stereocenters. The molecule has 0 N–H and O–H groups in total. The molecule has 1 unspecified atom stereocenters. The number of halogens is 1. The maximum absolute atomic E-state index is 3.56. The van der Waals surface area contributed by atoms with Gasteiger partial charge in [0, 0.05) is 29.2 Å². The predicted octanol–water partition coefficient (Wildman–Crippen LogP) is 4.75. The highest BCUT2D eigenvalue weighted by atomic mass is 79.9. The summed E-state index contributed by atoms with van der Waals surface area (Å²) in [6.07, 6.45) is 1.24. The van der Waals surface area contributed by atoms with Crippen molar-refractivity contribution in [3.8, 4) is 0 Å². The van der Waals surface area contributed by atoms with E-state index in [9.17, 15) is 0 Å². The Morgan fingerprint density at radius 3 is 2.63 bits per heavy atom. The lowest BCUT2D eigenvalue weighted by molar-refractivity contribution is 0.774. The largest absolute Gasteiger partial charge is 0.371 e. The first-order valence-electron chi connectivity index (χ1n) is 6.79. The Kier molecular flexibility index (Phi) is 3.61. The van der Waals surface area contributed by atoms with Crippen molar-refractivity contribution in [2.45, 2.75) is 19.3 Å². The summed E-state index contributed by atoms with van der Waals surface area (Å²) in [5, 5.41) is 0. The quantitative estimate of drug-likeness (QED) is 0.773. The standard InChI is InChI=1S/C17H18BrN/c1-13-5-7-17(8-6-13)19-10-9-15(12-19)14-3-2-4-16(18)11-14/h2-8,11,15H,9-10,12H2,1H3. The van der Waals surface area contributed by atoms with Gasteiger partial charge in [-0.2, -0.15) is 0 Å². The van der Waals surface area contributed by atoms with Crippen molar-refractivity contribution in [3.05, 3.63) is 64.1 Å². The second-order valence-corrected chi connectivity index (χ2v) is 6.24. The van der Waals surface area contributed by atoms with Gasteiger partial charge in [0.25, 0.3) is 0 Å². The Bertz CT molecular complexity index is 562. The van der Waals surface area contributed by atoms with Crippen molar-refractivity contribution >= 4 is 21.6 Å². The molecule has 1 saturated heterocycles. The van der Waals surface area contributed by atoms with E-state index >= 15 is 0 Å². The van der Waals surface area contributed by atoms with Crippen molar-refractivity contribution in [1.29, 1.82) is 0 Å². The molecule has 98 valence electrons. The Labute approximate surface area is 123 Å². The monoisotopic (exact) mass is 315 g/mol. The zero-order valence-corrected chi connectivity index (χ0v) is 12.7. The molecule has 0 spiro atoms. The molecule has 1 fully saturated rings. The van der Waals surface area contributed by atoms with Crippen molar-refractivity contribution in [2.75, 3.05) is 18.0 Å². The highest BCUT2D eigenvalue weighted by Gasteiger charge is 2.23. The molecule has 0 aromatic heterocycles. The number of aryl methyl sites for hydroxylation is 1. The molecule has 1 aliphatic heterocycles. The summed E-state index contributed by atoms with van der Waals surface area (Å²) in [5.41, 5.74) is 4.12. The van der Waals surface area contributed by atoms with E-state index in [2.05, 4.69) is 76.3 Å². The smallest absolute Gasteiger partial charge is 0.0366 e. The zero-order valence-electron chi connectivity index (χ0n) is 11.1. The zero-order chi connectivity index (χ0) is 13.2. The van der Waals surface area contributed by atoms with Crippen LogP contribution in [-0.4, -0.2) is 13.1 Å². The molecule has 0 aliphatic carbocycles. The minimum Gasteiger partial charge on any atom is -0.371 e. The van der Waals surface area contributed by atoms with E-state index < -0.39 is 0 Å². The van der Waals surface area contributed by atoms with Gasteiger partial charge in [0.1, 0.15) is 0 Å². The van der Waals surface area contributed by atoms with Crippen LogP contribution in [-0.2, 0) is 0 Å². The fourth-order valence-corrected chi connectivity index (χ4v) is 3.20. The minimum absolute atomic E-state index is 0.652. The molecule has 1 nitrogen and oxygen atoms in total. The Balaban J connectivity index is 1.75. The number of hydrogen-bond acceptors (Lipinski definition) is 1. The van der Waals surface area contributed by atoms with Crippen LogP contribution < -0.4 is 4.90 Å². The predicted molar refractivity (Wildman–Crippen MR) is 84.9 cm³/mol. The molecule has 0 saturated carbocycles. The van der Waals surface area contributed by atoms with Crippen LogP contribution in [0.4, 0.5) is 5.69 Å². The van der Waals surface area contributed by atoms with Gasteiger partial charge in [-0.05, 0) is 43.2 Å². The molecule has 0 amide bonds. The maximum atomic E-state index is 3.56. The molecule has 2 aromatic carbocycles. The first-order chi connectivity index (χ1) is 9.22. The number of rotatable bonds is 2. The van der Waals surface area contributed by atoms with Crippen LogP contribution >= 0.6 is 15.9 Å². The van der Waals surface area contributed by atoms with Gasteiger partial charge in [0.05, 0.1) is 0 Å². The average molecular weight is 316 g/mol. The number of hydrogen-bond donors (Lipinski definition) is 0. The summed E-state index contributed by atoms with van der Waals surface area (Å²) >= 11 is 3.56. The van der Waals surface area contributed by atoms with Gasteiger partial charge in [0.2, 0.25) is 0 Å². The highest BCUT2D eigenvalue weighted by molar-refractivity contribution is 9.10. The van der Waals surface area contributed by atoms with Crippen molar-refractivity contribution in [3.63, 3.8) is 0 Å². The maximum Gasteiger partial charge on any atom is 0.0366 e. The van der Waals surface area contributed by atoms with Crippen molar-refractivity contribution in [2.24, 2.45) is 0 Å². The summed E-state index contributed by atoms with van der Waals surface area (Å²) in [6.45, 7) is 4.41. The second kappa shape index (κ2) is 5.38. The highest BCUT2D eigenvalue weighted by Crippen LogP contribution is 2.31. The van der Waals surface area contributed by atoms with E-state index in [1.807, 2.05) is 0 Å². The molecular weight excluding hydrogens is 298 g/mol. The minimum atomic E-state index is 0.652. The summed E-state index contributed by atoms with van der Waals surface area (Å²) < 4.78 is 1.18. The van der Waals surface area contributed by atoms with Crippen LogP contribution in [0.15, 0.2) is 53.0 Å². The SMILES string of the molecule is Cc1ccc(N2CCC(c3cccc(Br)c3)C2)cc1. The summed E-state index contributed by atoms with van der Waals surface area (Å²) in [7, 11) is 0. The molecule has 0 radical (unpaired) electrons. The molecule has 3 rings (SSSR count). The lowest BCUT2D eigenvalue weighted by Gasteiger charge is -2.19. The molecule has 19 heavy (non-hydrogen) atoms. The fourth-order valence-electron chi connectivity index (χ4n) is 2.78. The van der Waals surface area contributed by atoms with Crippen LogP contribution in [0.3, 0.4) is 0 Å². The molecule has 2 aromatic rings. The van der Waals surface area contributed by atoms with E-state index in [-0.39, 0.29) is 0 Å². The lowest BCUT2D eigenvalue weighted by atomic mass is 9.99. The topological polar surface area (TPSA) is 3.24 Å². The van der Waals surface area contributed by atoms with E-state index in [1.54, 1.807) is 0 Å². The van der Waals surface area contributed by atoms with Crippen LogP contribution in [0.25, 0.3) is 0 Å². The van der Waals surface area contributed by atoms with E-state index in [4.69, 9.17) is 0 Å². The normalized spacial score (nSPS) is 18.8. The lowest BCUT2D eigenvalue weighted by Crippen LogP contribution is -2.18. The summed E-state index contributed by atoms with van der Waals surface area (Å²) in [4.78, 5) is 2.49. The Morgan fingerprint density at radius 1 is 1.11 bits per heavy atom. The van der Waals surface area contributed by atoms with Gasteiger partial charge >= 0.3 is 0 Å². The Morgan fingerprint density at radius 2 is 1.89 bits per heavy atom. The molecule has 2 heteroatoms. The van der Waals surface area contributed by atoms with Gasteiger partial charge < -0.3 is 4.90 Å². The van der Waals surface area contributed by atoms with Crippen LogP contribution in [0.5, 0.6) is 0 Å². The van der Waals surface area contributed by atoms with Crippen LogP contribution in [0.2, 0.25) is 0 Å². The van der Waals surface area contributed by atoms with Gasteiger partial charge in [-0.3, -0.25) is 0 Å². The molecule has 1 heterocycles. The second-order valence-electron chi connectivity index (χ2n) is 5.32. The number of anilines is 1. The first kappa shape index (κ1) is 12.7. The molecular formula is C17H18BrN.